The molecular weight excluding hydrogens is 392 g/mol. The molecule has 144 valence electrons. The summed E-state index contributed by atoms with van der Waals surface area (Å²) in [6, 6.07) is 15.1. The Morgan fingerprint density at radius 3 is 2.54 bits per heavy atom. The van der Waals surface area contributed by atoms with Crippen molar-refractivity contribution in [1.82, 2.24) is 10.2 Å². The molecule has 0 fully saturated rings. The number of Topliss-reactive ketones (excluding diaryl/α,β-unsaturated/α-hetero) is 1. The predicted octanol–water partition coefficient (Wildman–Crippen LogP) is 4.78. The lowest BCUT2D eigenvalue weighted by molar-refractivity contribution is -0.113. The molecule has 0 aliphatic heterocycles. The number of nitrogens with zero attached hydrogens (tertiary/aromatic N) is 2. The second kappa shape index (κ2) is 9.48. The summed E-state index contributed by atoms with van der Waals surface area (Å²) in [5.74, 6) is -0.0968. The third-order valence-corrected chi connectivity index (χ3v) is 5.90. The number of amides is 1. The molecule has 3 aromatic rings. The molecule has 0 unspecified atom stereocenters. The van der Waals surface area contributed by atoms with Crippen molar-refractivity contribution >= 4 is 51.3 Å². The standard InChI is InChI=1S/C20H20N4O2S2/c1-3-14-8-10-15(11-9-14)21-19-23-24-20(28-19)27-12-18(26)22-17-7-5-4-6-16(17)13(2)25/h4-11H,3,12H2,1-2H3,(H,21,23)(H,22,26). The lowest BCUT2D eigenvalue weighted by atomic mass is 10.1. The summed E-state index contributed by atoms with van der Waals surface area (Å²) in [6.07, 6.45) is 0.999. The largest absolute Gasteiger partial charge is 0.330 e. The van der Waals surface area contributed by atoms with Gasteiger partial charge in [-0.15, -0.1) is 10.2 Å². The molecule has 1 heterocycles. The number of carbonyl (C=O) groups is 2. The third kappa shape index (κ3) is 5.40. The van der Waals surface area contributed by atoms with Crippen LogP contribution in [-0.4, -0.2) is 27.6 Å². The van der Waals surface area contributed by atoms with Crippen LogP contribution in [0, 0.1) is 0 Å². The Hall–Kier alpha value is -2.71. The monoisotopic (exact) mass is 412 g/mol. The fraction of sp³-hybridized carbons (Fsp3) is 0.200. The van der Waals surface area contributed by atoms with E-state index < -0.39 is 0 Å². The van der Waals surface area contributed by atoms with Gasteiger partial charge in [-0.2, -0.15) is 0 Å². The molecule has 2 aromatic carbocycles. The van der Waals surface area contributed by atoms with Crippen molar-refractivity contribution in [2.45, 2.75) is 24.6 Å². The van der Waals surface area contributed by atoms with Crippen LogP contribution < -0.4 is 10.6 Å². The molecule has 0 bridgehead atoms. The molecule has 3 rings (SSSR count). The van der Waals surface area contributed by atoms with Crippen LogP contribution in [0.4, 0.5) is 16.5 Å². The summed E-state index contributed by atoms with van der Waals surface area (Å²) in [6.45, 7) is 3.59. The SMILES string of the molecule is CCc1ccc(Nc2nnc(SCC(=O)Nc3ccccc3C(C)=O)s2)cc1. The van der Waals surface area contributed by atoms with Gasteiger partial charge in [-0.1, -0.05) is 54.3 Å². The van der Waals surface area contributed by atoms with E-state index in [1.165, 1.54) is 35.6 Å². The van der Waals surface area contributed by atoms with E-state index in [4.69, 9.17) is 0 Å². The highest BCUT2D eigenvalue weighted by molar-refractivity contribution is 8.01. The molecule has 0 spiro atoms. The minimum absolute atomic E-state index is 0.0876. The number of aromatic nitrogens is 2. The molecule has 0 saturated carbocycles. The van der Waals surface area contributed by atoms with Crippen molar-refractivity contribution in [3.05, 3.63) is 59.7 Å². The van der Waals surface area contributed by atoms with E-state index in [-0.39, 0.29) is 17.4 Å². The quantitative estimate of drug-likeness (QED) is 0.409. The Balaban J connectivity index is 1.54. The van der Waals surface area contributed by atoms with Gasteiger partial charge in [0.2, 0.25) is 11.0 Å². The summed E-state index contributed by atoms with van der Waals surface area (Å²) >= 11 is 2.70. The Morgan fingerprint density at radius 2 is 1.82 bits per heavy atom. The van der Waals surface area contributed by atoms with E-state index in [9.17, 15) is 9.59 Å². The number of benzene rings is 2. The molecule has 1 amide bonds. The molecule has 6 nitrogen and oxygen atoms in total. The maximum Gasteiger partial charge on any atom is 0.234 e. The van der Waals surface area contributed by atoms with Gasteiger partial charge in [-0.05, 0) is 43.2 Å². The van der Waals surface area contributed by atoms with Crippen LogP contribution in [0.1, 0.15) is 29.8 Å². The van der Waals surface area contributed by atoms with Crippen molar-refractivity contribution in [1.29, 1.82) is 0 Å². The molecule has 0 aliphatic carbocycles. The van der Waals surface area contributed by atoms with Crippen LogP contribution in [-0.2, 0) is 11.2 Å². The van der Waals surface area contributed by atoms with Crippen LogP contribution in [0.25, 0.3) is 0 Å². The van der Waals surface area contributed by atoms with Crippen molar-refractivity contribution < 1.29 is 9.59 Å². The second-order valence-corrected chi connectivity index (χ2v) is 8.19. The van der Waals surface area contributed by atoms with Crippen molar-refractivity contribution in [3.8, 4) is 0 Å². The maximum absolute atomic E-state index is 12.2. The van der Waals surface area contributed by atoms with Gasteiger partial charge in [0, 0.05) is 11.3 Å². The second-order valence-electron chi connectivity index (χ2n) is 5.99. The van der Waals surface area contributed by atoms with Gasteiger partial charge in [0.1, 0.15) is 0 Å². The minimum atomic E-state index is -0.196. The minimum Gasteiger partial charge on any atom is -0.330 e. The van der Waals surface area contributed by atoms with Gasteiger partial charge < -0.3 is 10.6 Å². The first-order chi connectivity index (χ1) is 13.5. The van der Waals surface area contributed by atoms with Crippen molar-refractivity contribution in [2.24, 2.45) is 0 Å². The van der Waals surface area contributed by atoms with E-state index in [0.717, 1.165) is 12.1 Å². The topological polar surface area (TPSA) is 84.0 Å². The van der Waals surface area contributed by atoms with Crippen molar-refractivity contribution in [2.75, 3.05) is 16.4 Å². The summed E-state index contributed by atoms with van der Waals surface area (Å²) in [4.78, 5) is 23.9. The Kier molecular flexibility index (Phi) is 6.78. The number of carbonyl (C=O) groups excluding carboxylic acids is 2. The average Bonchev–Trinajstić information content (AvgIpc) is 3.14. The van der Waals surface area contributed by atoms with Gasteiger partial charge in [0.25, 0.3) is 0 Å². The zero-order chi connectivity index (χ0) is 19.9. The summed E-state index contributed by atoms with van der Waals surface area (Å²) in [5.41, 5.74) is 3.24. The lowest BCUT2D eigenvalue weighted by Gasteiger charge is -2.08. The van der Waals surface area contributed by atoms with E-state index in [1.54, 1.807) is 24.3 Å². The first-order valence-electron chi connectivity index (χ1n) is 8.77. The summed E-state index contributed by atoms with van der Waals surface area (Å²) in [7, 11) is 0. The molecule has 0 radical (unpaired) electrons. The normalized spacial score (nSPS) is 10.5. The van der Waals surface area contributed by atoms with Crippen LogP contribution in [0.2, 0.25) is 0 Å². The van der Waals surface area contributed by atoms with E-state index >= 15 is 0 Å². The zero-order valence-corrected chi connectivity index (χ0v) is 17.2. The lowest BCUT2D eigenvalue weighted by Crippen LogP contribution is -2.16. The number of hydrogen-bond acceptors (Lipinski definition) is 7. The number of nitrogens with one attached hydrogen (secondary N) is 2. The highest BCUT2D eigenvalue weighted by Crippen LogP contribution is 2.28. The number of thioether (sulfide) groups is 1. The molecular formula is C20H20N4O2S2. The predicted molar refractivity (Wildman–Crippen MR) is 115 cm³/mol. The molecule has 0 atom stereocenters. The molecule has 28 heavy (non-hydrogen) atoms. The van der Waals surface area contributed by atoms with Crippen LogP contribution in [0.15, 0.2) is 52.9 Å². The molecule has 1 aromatic heterocycles. The number of aryl methyl sites for hydroxylation is 1. The van der Waals surface area contributed by atoms with Gasteiger partial charge >= 0.3 is 0 Å². The van der Waals surface area contributed by atoms with Crippen molar-refractivity contribution in [3.63, 3.8) is 0 Å². The Morgan fingerprint density at radius 1 is 1.07 bits per heavy atom. The Labute approximate surface area is 171 Å². The fourth-order valence-corrected chi connectivity index (χ4v) is 4.05. The van der Waals surface area contributed by atoms with Crippen LogP contribution >= 0.6 is 23.1 Å². The third-order valence-electron chi connectivity index (χ3n) is 3.93. The molecule has 2 N–H and O–H groups in total. The average molecular weight is 413 g/mol. The first kappa shape index (κ1) is 20.0. The Bertz CT molecular complexity index is 970. The van der Waals surface area contributed by atoms with Crippen LogP contribution in [0.5, 0.6) is 0 Å². The van der Waals surface area contributed by atoms with Crippen LogP contribution in [0.3, 0.4) is 0 Å². The van der Waals surface area contributed by atoms with E-state index in [1.807, 2.05) is 12.1 Å². The smallest absolute Gasteiger partial charge is 0.234 e. The molecule has 0 aliphatic rings. The van der Waals surface area contributed by atoms with E-state index in [2.05, 4.69) is 39.9 Å². The summed E-state index contributed by atoms with van der Waals surface area (Å²) < 4.78 is 0.697. The zero-order valence-electron chi connectivity index (χ0n) is 15.6. The number of ketones is 1. The molecule has 0 saturated heterocycles. The highest BCUT2D eigenvalue weighted by Gasteiger charge is 2.12. The first-order valence-corrected chi connectivity index (χ1v) is 10.6. The fourth-order valence-electron chi connectivity index (χ4n) is 2.48. The van der Waals surface area contributed by atoms with E-state index in [0.29, 0.717) is 20.7 Å². The van der Waals surface area contributed by atoms with Gasteiger partial charge in [0.05, 0.1) is 11.4 Å². The number of anilines is 3. The van der Waals surface area contributed by atoms with Gasteiger partial charge in [-0.25, -0.2) is 0 Å². The number of rotatable bonds is 8. The van der Waals surface area contributed by atoms with Gasteiger partial charge in [-0.3, -0.25) is 9.59 Å². The maximum atomic E-state index is 12.2. The van der Waals surface area contributed by atoms with Gasteiger partial charge in [0.15, 0.2) is 10.1 Å². The summed E-state index contributed by atoms with van der Waals surface area (Å²) in [5, 5.41) is 14.9. The highest BCUT2D eigenvalue weighted by atomic mass is 32.2. The molecule has 8 heteroatoms. The number of para-hydroxylation sites is 1. The number of hydrogen-bond donors (Lipinski definition) is 2.